The van der Waals surface area contributed by atoms with Crippen molar-refractivity contribution in [3.63, 3.8) is 0 Å². The van der Waals surface area contributed by atoms with Gasteiger partial charge in [0.1, 0.15) is 0 Å². The number of benzene rings is 7. The second-order valence-corrected chi connectivity index (χ2v) is 14.3. The molecule has 8 aromatic rings. The molecule has 2 heteroatoms. The lowest BCUT2D eigenvalue weighted by Crippen LogP contribution is -2.14. The molecule has 48 heavy (non-hydrogen) atoms. The van der Waals surface area contributed by atoms with Crippen LogP contribution in [0.2, 0.25) is 5.02 Å². The lowest BCUT2D eigenvalue weighted by atomic mass is 9.82. The highest BCUT2D eigenvalue weighted by molar-refractivity contribution is 6.32. The molecule has 10 rings (SSSR count). The number of halogens is 1. The fourth-order valence-electron chi connectivity index (χ4n) is 8.54. The monoisotopic (exact) mass is 633 g/mol. The van der Waals surface area contributed by atoms with Gasteiger partial charge in [-0.25, -0.2) is 0 Å². The summed E-state index contributed by atoms with van der Waals surface area (Å²) in [5, 5.41) is 3.38. The fraction of sp³-hybridized carbons (Fsp3) is 0.0870. The molecule has 228 valence electrons. The van der Waals surface area contributed by atoms with Crippen molar-refractivity contribution in [3.05, 3.63) is 173 Å². The summed E-state index contributed by atoms with van der Waals surface area (Å²) >= 11 is 6.80. The van der Waals surface area contributed by atoms with Gasteiger partial charge < -0.3 is 4.57 Å². The first kappa shape index (κ1) is 27.7. The minimum absolute atomic E-state index is 0.0642. The summed E-state index contributed by atoms with van der Waals surface area (Å²) in [5.41, 5.74) is 19.0. The molecule has 1 nitrogen and oxygen atoms in total. The number of para-hydroxylation sites is 1. The Kier molecular flexibility index (Phi) is 5.81. The zero-order valence-corrected chi connectivity index (χ0v) is 27.6. The normalized spacial score (nSPS) is 13.8. The standard InChI is InChI=1S/C46H32ClN/c1-46(2)41-17-9-8-15-35(41)37-26-40-39-24-29(21-22-44(39)48(45(40)27-42(37)46)31-11-4-3-5-12-31)28-19-20-30-25-38-34(16-10-18-43(38)47)32-13-6-7-14-33(32)36(30)23-28/h3-24,26-27H,25H2,1-2H3. The molecule has 1 aromatic heterocycles. The summed E-state index contributed by atoms with van der Waals surface area (Å²) in [6.45, 7) is 4.72. The van der Waals surface area contributed by atoms with Crippen molar-refractivity contribution in [3.8, 4) is 50.2 Å². The Bertz CT molecular complexity index is 2620. The maximum absolute atomic E-state index is 6.80. The van der Waals surface area contributed by atoms with Crippen molar-refractivity contribution >= 4 is 33.4 Å². The minimum Gasteiger partial charge on any atom is -0.309 e. The second kappa shape index (κ2) is 10.1. The molecule has 0 N–H and O–H groups in total. The SMILES string of the molecule is CC1(C)c2ccccc2-c2cc3c4cc(-c5ccc6c(c5)-c5ccccc5-c5cccc(Cl)c5C6)ccc4n(-c4ccccc4)c3cc21. The molecule has 0 atom stereocenters. The number of rotatable bonds is 2. The molecule has 0 unspecified atom stereocenters. The zero-order chi connectivity index (χ0) is 32.1. The summed E-state index contributed by atoms with van der Waals surface area (Å²) < 4.78 is 2.45. The summed E-state index contributed by atoms with van der Waals surface area (Å²) in [6, 6.07) is 53.7. The van der Waals surface area contributed by atoms with Crippen LogP contribution in [0.15, 0.2) is 146 Å². The van der Waals surface area contributed by atoms with Gasteiger partial charge in [-0.2, -0.15) is 0 Å². The Morgan fingerprint density at radius 2 is 1.17 bits per heavy atom. The van der Waals surface area contributed by atoms with Crippen molar-refractivity contribution < 1.29 is 0 Å². The van der Waals surface area contributed by atoms with Gasteiger partial charge in [-0.05, 0) is 115 Å². The van der Waals surface area contributed by atoms with Gasteiger partial charge in [-0.3, -0.25) is 0 Å². The number of hydrogen-bond donors (Lipinski definition) is 0. The van der Waals surface area contributed by atoms with Crippen LogP contribution in [0.25, 0.3) is 72.0 Å². The second-order valence-electron chi connectivity index (χ2n) is 13.8. The van der Waals surface area contributed by atoms with Crippen LogP contribution in [0.4, 0.5) is 0 Å². The molecule has 0 fully saturated rings. The van der Waals surface area contributed by atoms with Crippen LogP contribution >= 0.6 is 11.6 Å². The van der Waals surface area contributed by atoms with Gasteiger partial charge >= 0.3 is 0 Å². The third kappa shape index (κ3) is 3.86. The fourth-order valence-corrected chi connectivity index (χ4v) is 8.78. The Morgan fingerprint density at radius 1 is 0.500 bits per heavy atom. The first-order valence-corrected chi connectivity index (χ1v) is 17.1. The van der Waals surface area contributed by atoms with Crippen LogP contribution in [0, 0.1) is 0 Å². The van der Waals surface area contributed by atoms with Gasteiger partial charge in [0.15, 0.2) is 0 Å². The number of aromatic nitrogens is 1. The lowest BCUT2D eigenvalue weighted by molar-refractivity contribution is 0.661. The smallest absolute Gasteiger partial charge is 0.0544 e. The van der Waals surface area contributed by atoms with Crippen molar-refractivity contribution in [1.82, 2.24) is 4.57 Å². The minimum atomic E-state index is -0.0642. The summed E-state index contributed by atoms with van der Waals surface area (Å²) in [5.74, 6) is 0. The predicted octanol–water partition coefficient (Wildman–Crippen LogP) is 12.6. The Labute approximate surface area is 285 Å². The molecule has 0 radical (unpaired) electrons. The molecule has 0 aliphatic heterocycles. The van der Waals surface area contributed by atoms with Crippen LogP contribution < -0.4 is 0 Å². The van der Waals surface area contributed by atoms with E-state index in [9.17, 15) is 0 Å². The Balaban J connectivity index is 1.21. The highest BCUT2D eigenvalue weighted by Crippen LogP contribution is 2.51. The largest absolute Gasteiger partial charge is 0.309 e. The molecule has 0 saturated heterocycles. The molecule has 2 aliphatic carbocycles. The van der Waals surface area contributed by atoms with Gasteiger partial charge in [0, 0.05) is 33.3 Å². The van der Waals surface area contributed by atoms with Gasteiger partial charge in [0.05, 0.1) is 11.0 Å². The highest BCUT2D eigenvalue weighted by Gasteiger charge is 2.36. The van der Waals surface area contributed by atoms with Crippen molar-refractivity contribution in [1.29, 1.82) is 0 Å². The van der Waals surface area contributed by atoms with E-state index in [4.69, 9.17) is 11.6 Å². The van der Waals surface area contributed by atoms with Crippen molar-refractivity contribution in [2.45, 2.75) is 25.7 Å². The molecule has 0 bridgehead atoms. The van der Waals surface area contributed by atoms with Crippen LogP contribution in [0.5, 0.6) is 0 Å². The maximum atomic E-state index is 6.80. The number of hydrogen-bond acceptors (Lipinski definition) is 0. The van der Waals surface area contributed by atoms with E-state index in [-0.39, 0.29) is 5.41 Å². The average molecular weight is 634 g/mol. The Morgan fingerprint density at radius 3 is 2.00 bits per heavy atom. The molecule has 0 spiro atoms. The topological polar surface area (TPSA) is 4.93 Å². The zero-order valence-electron chi connectivity index (χ0n) is 26.9. The molecule has 0 amide bonds. The van der Waals surface area contributed by atoms with Crippen molar-refractivity contribution in [2.75, 3.05) is 0 Å². The van der Waals surface area contributed by atoms with Crippen LogP contribution in [0.1, 0.15) is 36.1 Å². The lowest BCUT2D eigenvalue weighted by Gasteiger charge is -2.21. The average Bonchev–Trinajstić information content (AvgIpc) is 3.50. The summed E-state index contributed by atoms with van der Waals surface area (Å²) in [7, 11) is 0. The highest BCUT2D eigenvalue weighted by atomic mass is 35.5. The molecule has 1 heterocycles. The van der Waals surface area contributed by atoms with E-state index in [1.54, 1.807) is 0 Å². The summed E-state index contributed by atoms with van der Waals surface area (Å²) in [6.07, 6.45) is 0.811. The van der Waals surface area contributed by atoms with E-state index in [2.05, 4.69) is 158 Å². The molecule has 0 saturated carbocycles. The Hall–Kier alpha value is -5.37. The van der Waals surface area contributed by atoms with Gasteiger partial charge in [-0.1, -0.05) is 123 Å². The molecular weight excluding hydrogens is 602 g/mol. The third-order valence-corrected chi connectivity index (χ3v) is 11.3. The van der Waals surface area contributed by atoms with Gasteiger partial charge in [-0.15, -0.1) is 0 Å². The first-order chi connectivity index (χ1) is 23.5. The van der Waals surface area contributed by atoms with E-state index in [0.717, 1.165) is 11.4 Å². The molecule has 2 aliphatic rings. The van der Waals surface area contributed by atoms with E-state index in [0.29, 0.717) is 0 Å². The van der Waals surface area contributed by atoms with E-state index < -0.39 is 0 Å². The van der Waals surface area contributed by atoms with Crippen molar-refractivity contribution in [2.24, 2.45) is 0 Å². The summed E-state index contributed by atoms with van der Waals surface area (Å²) in [4.78, 5) is 0. The van der Waals surface area contributed by atoms with Crippen LogP contribution in [-0.2, 0) is 11.8 Å². The predicted molar refractivity (Wildman–Crippen MR) is 202 cm³/mol. The van der Waals surface area contributed by atoms with Crippen LogP contribution in [0.3, 0.4) is 0 Å². The maximum Gasteiger partial charge on any atom is 0.0544 e. The van der Waals surface area contributed by atoms with Gasteiger partial charge in [0.25, 0.3) is 0 Å². The number of nitrogens with zero attached hydrogens (tertiary/aromatic N) is 1. The molecule has 7 aromatic carbocycles. The van der Waals surface area contributed by atoms with E-state index in [1.165, 1.54) is 94.3 Å². The molecular formula is C46H32ClN. The van der Waals surface area contributed by atoms with Gasteiger partial charge in [0.2, 0.25) is 0 Å². The third-order valence-electron chi connectivity index (χ3n) is 10.9. The van der Waals surface area contributed by atoms with Crippen LogP contribution in [-0.4, -0.2) is 4.57 Å². The first-order valence-electron chi connectivity index (χ1n) is 16.8. The quantitative estimate of drug-likeness (QED) is 0.178. The van der Waals surface area contributed by atoms with E-state index >= 15 is 0 Å². The number of fused-ring (bicyclic) bond motifs is 11. The van der Waals surface area contributed by atoms with E-state index in [1.807, 2.05) is 6.07 Å².